The Labute approximate surface area is 305 Å². The number of furan rings is 2. The van der Waals surface area contributed by atoms with Crippen molar-refractivity contribution in [2.75, 3.05) is 0 Å². The molecule has 11 aromatic rings. The van der Waals surface area contributed by atoms with Gasteiger partial charge in [-0.1, -0.05) is 123 Å². The summed E-state index contributed by atoms with van der Waals surface area (Å²) in [5.74, 6) is 0. The highest BCUT2D eigenvalue weighted by atomic mass is 16.3. The zero-order valence-electron chi connectivity index (χ0n) is 29.3. The van der Waals surface area contributed by atoms with Crippen molar-refractivity contribution in [3.8, 4) is 33.4 Å². The molecule has 0 saturated heterocycles. The first kappa shape index (κ1) is 29.0. The molecule has 0 N–H and O–H groups in total. The molecule has 1 aliphatic carbocycles. The van der Waals surface area contributed by atoms with Crippen LogP contribution in [0, 0.1) is 0 Å². The molecule has 0 amide bonds. The third kappa shape index (κ3) is 3.87. The lowest BCUT2D eigenvalue weighted by Crippen LogP contribution is -2.14. The third-order valence-corrected chi connectivity index (χ3v) is 12.0. The van der Waals surface area contributed by atoms with Gasteiger partial charge in [-0.2, -0.15) is 0 Å². The fraction of sp³-hybridized carbons (Fsp3) is 0.0588. The van der Waals surface area contributed by atoms with Gasteiger partial charge in [-0.25, -0.2) is 0 Å². The van der Waals surface area contributed by atoms with Crippen molar-refractivity contribution in [2.45, 2.75) is 19.3 Å². The van der Waals surface area contributed by atoms with Crippen LogP contribution in [0.1, 0.15) is 25.0 Å². The molecule has 2 heteroatoms. The molecule has 0 bridgehead atoms. The number of benzene rings is 9. The van der Waals surface area contributed by atoms with E-state index in [4.69, 9.17) is 8.83 Å². The van der Waals surface area contributed by atoms with Gasteiger partial charge in [0.2, 0.25) is 0 Å². The number of para-hydroxylation sites is 2. The zero-order chi connectivity index (χ0) is 35.0. The van der Waals surface area contributed by atoms with Gasteiger partial charge in [-0.3, -0.25) is 0 Å². The maximum absolute atomic E-state index is 6.54. The van der Waals surface area contributed by atoms with Crippen LogP contribution in [-0.4, -0.2) is 0 Å². The van der Waals surface area contributed by atoms with Crippen LogP contribution >= 0.6 is 0 Å². The molecule has 0 saturated carbocycles. The molecule has 0 unspecified atom stereocenters. The highest BCUT2D eigenvalue weighted by Crippen LogP contribution is 2.53. The van der Waals surface area contributed by atoms with Crippen molar-refractivity contribution in [1.29, 1.82) is 0 Å². The van der Waals surface area contributed by atoms with E-state index in [1.165, 1.54) is 65.9 Å². The molecule has 1 aliphatic rings. The Balaban J connectivity index is 1.10. The zero-order valence-corrected chi connectivity index (χ0v) is 29.3. The van der Waals surface area contributed by atoms with E-state index in [1.54, 1.807) is 0 Å². The smallest absolute Gasteiger partial charge is 0.143 e. The van der Waals surface area contributed by atoms with Crippen LogP contribution in [0.5, 0.6) is 0 Å². The van der Waals surface area contributed by atoms with Crippen molar-refractivity contribution < 1.29 is 8.83 Å². The van der Waals surface area contributed by atoms with Gasteiger partial charge in [0.1, 0.15) is 22.3 Å². The topological polar surface area (TPSA) is 26.3 Å². The minimum Gasteiger partial charge on any atom is -0.456 e. The molecule has 2 aromatic heterocycles. The highest BCUT2D eigenvalue weighted by Gasteiger charge is 2.36. The normalized spacial score (nSPS) is 13.6. The van der Waals surface area contributed by atoms with Crippen molar-refractivity contribution in [2.24, 2.45) is 0 Å². The Morgan fingerprint density at radius 1 is 0.358 bits per heavy atom. The quantitative estimate of drug-likeness (QED) is 0.170. The molecule has 0 fully saturated rings. The molecule has 0 radical (unpaired) electrons. The van der Waals surface area contributed by atoms with E-state index in [0.29, 0.717) is 0 Å². The van der Waals surface area contributed by atoms with Crippen molar-refractivity contribution in [3.63, 3.8) is 0 Å². The summed E-state index contributed by atoms with van der Waals surface area (Å²) >= 11 is 0. The number of hydrogen-bond donors (Lipinski definition) is 0. The van der Waals surface area contributed by atoms with E-state index in [-0.39, 0.29) is 5.41 Å². The van der Waals surface area contributed by atoms with E-state index in [0.717, 1.165) is 54.8 Å². The third-order valence-electron chi connectivity index (χ3n) is 12.0. The van der Waals surface area contributed by atoms with Gasteiger partial charge in [0, 0.05) is 32.3 Å². The second-order valence-electron chi connectivity index (χ2n) is 15.2. The molecule has 0 aliphatic heterocycles. The molecule has 2 heterocycles. The lowest BCUT2D eigenvalue weighted by Gasteiger charge is -2.22. The average Bonchev–Trinajstić information content (AvgIpc) is 3.83. The van der Waals surface area contributed by atoms with Crippen LogP contribution < -0.4 is 0 Å². The number of fused-ring (bicyclic) bond motifs is 13. The van der Waals surface area contributed by atoms with Crippen LogP contribution in [0.15, 0.2) is 167 Å². The predicted molar refractivity (Wildman–Crippen MR) is 222 cm³/mol. The Morgan fingerprint density at radius 2 is 0.868 bits per heavy atom. The Hall–Kier alpha value is -6.64. The lowest BCUT2D eigenvalue weighted by molar-refractivity contribution is 0.661. The molecule has 9 aromatic carbocycles. The van der Waals surface area contributed by atoms with E-state index in [2.05, 4.69) is 153 Å². The monoisotopic (exact) mass is 676 g/mol. The molecular weight excluding hydrogens is 645 g/mol. The summed E-state index contributed by atoms with van der Waals surface area (Å²) in [4.78, 5) is 0. The molecular formula is C51H32O2. The van der Waals surface area contributed by atoms with Crippen molar-refractivity contribution in [1.82, 2.24) is 0 Å². The summed E-state index contributed by atoms with van der Waals surface area (Å²) in [5.41, 5.74) is 13.8. The van der Waals surface area contributed by atoms with Gasteiger partial charge in [0.05, 0.1) is 0 Å². The largest absolute Gasteiger partial charge is 0.456 e. The molecule has 0 atom stereocenters. The van der Waals surface area contributed by atoms with Crippen LogP contribution in [0.4, 0.5) is 0 Å². The number of hydrogen-bond acceptors (Lipinski definition) is 2. The summed E-state index contributed by atoms with van der Waals surface area (Å²) in [5, 5.41) is 11.9. The number of rotatable bonds is 2. The molecule has 12 rings (SSSR count). The van der Waals surface area contributed by atoms with Crippen LogP contribution in [-0.2, 0) is 5.41 Å². The van der Waals surface area contributed by atoms with Crippen LogP contribution in [0.3, 0.4) is 0 Å². The lowest BCUT2D eigenvalue weighted by atomic mass is 9.81. The first-order chi connectivity index (χ1) is 26.0. The summed E-state index contributed by atoms with van der Waals surface area (Å²) in [6, 6.07) is 57.6. The summed E-state index contributed by atoms with van der Waals surface area (Å²) in [6.07, 6.45) is 0. The minimum absolute atomic E-state index is 0.135. The van der Waals surface area contributed by atoms with Gasteiger partial charge in [0.25, 0.3) is 0 Å². The fourth-order valence-corrected chi connectivity index (χ4v) is 9.54. The van der Waals surface area contributed by atoms with E-state index in [1.807, 2.05) is 18.2 Å². The summed E-state index contributed by atoms with van der Waals surface area (Å²) < 4.78 is 12.9. The van der Waals surface area contributed by atoms with Crippen molar-refractivity contribution >= 4 is 76.2 Å². The van der Waals surface area contributed by atoms with Gasteiger partial charge >= 0.3 is 0 Å². The van der Waals surface area contributed by atoms with Gasteiger partial charge in [0.15, 0.2) is 0 Å². The second-order valence-corrected chi connectivity index (χ2v) is 15.2. The van der Waals surface area contributed by atoms with Gasteiger partial charge < -0.3 is 8.83 Å². The second kappa shape index (κ2) is 10.2. The first-order valence-electron chi connectivity index (χ1n) is 18.4. The Morgan fingerprint density at radius 3 is 1.55 bits per heavy atom. The van der Waals surface area contributed by atoms with Gasteiger partial charge in [-0.05, 0) is 120 Å². The average molecular weight is 677 g/mol. The fourth-order valence-electron chi connectivity index (χ4n) is 9.54. The first-order valence-corrected chi connectivity index (χ1v) is 18.4. The van der Waals surface area contributed by atoms with E-state index >= 15 is 0 Å². The predicted octanol–water partition coefficient (Wildman–Crippen LogP) is 14.6. The van der Waals surface area contributed by atoms with Crippen molar-refractivity contribution in [3.05, 3.63) is 169 Å². The highest BCUT2D eigenvalue weighted by molar-refractivity contribution is 6.22. The maximum Gasteiger partial charge on any atom is 0.143 e. The van der Waals surface area contributed by atoms with Crippen LogP contribution in [0.25, 0.3) is 110 Å². The standard InChI is InChI=1S/C51H32O2/c1-51(2)43-24-21-30(25-41(43)42-28-40-29(26-44(42)51)19-23-39-33-12-8-10-18-46(33)53-50(39)40)48-35-13-3-5-15-37(35)49(38-16-6-4-14-36(38)48)31-20-22-34-32-11-7-9-17-45(32)52-47(34)27-31/h3-28H,1-2H3. The maximum atomic E-state index is 6.54. The minimum atomic E-state index is -0.135. The molecule has 2 nitrogen and oxygen atoms in total. The molecule has 248 valence electrons. The molecule has 0 spiro atoms. The Bertz CT molecular complexity index is 3310. The van der Waals surface area contributed by atoms with E-state index < -0.39 is 0 Å². The summed E-state index contributed by atoms with van der Waals surface area (Å²) in [7, 11) is 0. The van der Waals surface area contributed by atoms with Gasteiger partial charge in [-0.15, -0.1) is 0 Å². The SMILES string of the molecule is CC1(C)c2ccc(-c3c4ccccc4c(-c4ccc5c(c4)oc4ccccc45)c4ccccc34)cc2-c2cc3c(ccc4c5ccccc5oc34)cc21. The van der Waals surface area contributed by atoms with Crippen LogP contribution in [0.2, 0.25) is 0 Å². The Kier molecular flexibility index (Phi) is 5.60. The summed E-state index contributed by atoms with van der Waals surface area (Å²) in [6.45, 7) is 4.72. The molecule has 53 heavy (non-hydrogen) atoms. The van der Waals surface area contributed by atoms with E-state index in [9.17, 15) is 0 Å².